The highest BCUT2D eigenvalue weighted by atomic mass is 32.1. The number of benzene rings is 1. The molecule has 1 aliphatic heterocycles. The van der Waals surface area contributed by atoms with Crippen molar-refractivity contribution in [3.05, 3.63) is 53.3 Å². The van der Waals surface area contributed by atoms with Gasteiger partial charge < -0.3 is 9.64 Å². The average molecular weight is 327 g/mol. The van der Waals surface area contributed by atoms with E-state index in [2.05, 4.69) is 4.98 Å². The molecule has 23 heavy (non-hydrogen) atoms. The summed E-state index contributed by atoms with van der Waals surface area (Å²) in [6.07, 6.45) is 4.32. The number of aryl methyl sites for hydroxylation is 1. The van der Waals surface area contributed by atoms with Gasteiger partial charge in [0, 0.05) is 17.8 Å². The maximum absolute atomic E-state index is 12.3. The van der Waals surface area contributed by atoms with Gasteiger partial charge in [0.15, 0.2) is 4.96 Å². The van der Waals surface area contributed by atoms with Crippen LogP contribution < -0.4 is 4.74 Å². The predicted molar refractivity (Wildman–Crippen MR) is 88.9 cm³/mol. The first-order valence-corrected chi connectivity index (χ1v) is 8.48. The fraction of sp³-hybridized carbons (Fsp3) is 0.294. The molecule has 1 amide bonds. The molecule has 0 aliphatic carbocycles. The molecule has 4 rings (SSSR count). The van der Waals surface area contributed by atoms with Crippen LogP contribution in [0.5, 0.6) is 5.75 Å². The Morgan fingerprint density at radius 3 is 3.00 bits per heavy atom. The lowest BCUT2D eigenvalue weighted by Gasteiger charge is -2.39. The summed E-state index contributed by atoms with van der Waals surface area (Å²) in [7, 11) is 0. The van der Waals surface area contributed by atoms with E-state index in [9.17, 15) is 4.79 Å². The van der Waals surface area contributed by atoms with Crippen molar-refractivity contribution in [2.24, 2.45) is 0 Å². The Labute approximate surface area is 138 Å². The summed E-state index contributed by atoms with van der Waals surface area (Å²) < 4.78 is 7.89. The number of hydrogen-bond donors (Lipinski definition) is 0. The topological polar surface area (TPSA) is 46.8 Å². The summed E-state index contributed by atoms with van der Waals surface area (Å²) in [5.41, 5.74) is 1.94. The van der Waals surface area contributed by atoms with Gasteiger partial charge in [0.1, 0.15) is 11.9 Å². The van der Waals surface area contributed by atoms with Crippen molar-refractivity contribution in [1.82, 2.24) is 14.3 Å². The number of amides is 1. The number of thiazole rings is 1. The number of nitrogens with zero attached hydrogens (tertiary/aromatic N) is 3. The molecular weight excluding hydrogens is 310 g/mol. The average Bonchev–Trinajstić information content (AvgIpc) is 3.05. The van der Waals surface area contributed by atoms with Gasteiger partial charge in [0.25, 0.3) is 0 Å². The highest BCUT2D eigenvalue weighted by molar-refractivity contribution is 7.15. The Kier molecular flexibility index (Phi) is 3.53. The third kappa shape index (κ3) is 2.82. The van der Waals surface area contributed by atoms with Crippen LogP contribution in [0.1, 0.15) is 11.3 Å². The van der Waals surface area contributed by atoms with Crippen LogP contribution >= 0.6 is 11.3 Å². The fourth-order valence-corrected chi connectivity index (χ4v) is 3.43. The molecule has 118 valence electrons. The van der Waals surface area contributed by atoms with E-state index < -0.39 is 0 Å². The van der Waals surface area contributed by atoms with Gasteiger partial charge >= 0.3 is 0 Å². The minimum Gasteiger partial charge on any atom is -0.486 e. The van der Waals surface area contributed by atoms with E-state index >= 15 is 0 Å². The highest BCUT2D eigenvalue weighted by Crippen LogP contribution is 2.22. The summed E-state index contributed by atoms with van der Waals surface area (Å²) in [6.45, 7) is 3.33. The van der Waals surface area contributed by atoms with Crippen molar-refractivity contribution < 1.29 is 9.53 Å². The zero-order valence-corrected chi connectivity index (χ0v) is 13.6. The van der Waals surface area contributed by atoms with Gasteiger partial charge in [-0.15, -0.1) is 11.3 Å². The molecule has 1 aromatic carbocycles. The lowest BCUT2D eigenvalue weighted by atomic mass is 10.1. The molecule has 0 radical (unpaired) electrons. The fourth-order valence-electron chi connectivity index (χ4n) is 2.71. The summed E-state index contributed by atoms with van der Waals surface area (Å²) in [6, 6.07) is 7.96. The van der Waals surface area contributed by atoms with E-state index in [1.807, 2.05) is 58.3 Å². The number of hydrogen-bond acceptors (Lipinski definition) is 4. The molecule has 0 atom stereocenters. The van der Waals surface area contributed by atoms with E-state index in [4.69, 9.17) is 4.74 Å². The molecule has 2 aromatic heterocycles. The first-order valence-electron chi connectivity index (χ1n) is 7.60. The van der Waals surface area contributed by atoms with Crippen LogP contribution in [-0.4, -0.2) is 39.4 Å². The van der Waals surface area contributed by atoms with Gasteiger partial charge in [0.05, 0.1) is 25.2 Å². The molecular formula is C17H17N3O2S. The molecule has 6 heteroatoms. The highest BCUT2D eigenvalue weighted by Gasteiger charge is 2.32. The Balaban J connectivity index is 1.32. The van der Waals surface area contributed by atoms with E-state index in [-0.39, 0.29) is 12.0 Å². The molecule has 0 saturated carbocycles. The first kappa shape index (κ1) is 14.3. The van der Waals surface area contributed by atoms with Crippen LogP contribution in [0.3, 0.4) is 0 Å². The van der Waals surface area contributed by atoms with Gasteiger partial charge in [-0.1, -0.05) is 18.2 Å². The molecule has 5 nitrogen and oxygen atoms in total. The van der Waals surface area contributed by atoms with Crippen LogP contribution in [0.15, 0.2) is 42.0 Å². The third-order valence-corrected chi connectivity index (χ3v) is 4.83. The van der Waals surface area contributed by atoms with E-state index in [0.29, 0.717) is 19.5 Å². The number of carbonyl (C=O) groups is 1. The second kappa shape index (κ2) is 5.70. The number of carbonyl (C=O) groups excluding carboxylic acids is 1. The van der Waals surface area contributed by atoms with Crippen molar-refractivity contribution in [2.75, 3.05) is 13.1 Å². The number of likely N-dealkylation sites (tertiary alicyclic amines) is 1. The zero-order chi connectivity index (χ0) is 15.8. The Hall–Kier alpha value is -2.34. The van der Waals surface area contributed by atoms with Crippen LogP contribution in [0.2, 0.25) is 0 Å². The van der Waals surface area contributed by atoms with Crippen LogP contribution in [0, 0.1) is 6.92 Å². The molecule has 0 bridgehead atoms. The molecule has 1 saturated heterocycles. The number of fused-ring (bicyclic) bond motifs is 1. The van der Waals surface area contributed by atoms with Crippen molar-refractivity contribution >= 4 is 22.2 Å². The standard InChI is InChI=1S/C17H17N3O2S/c1-12-4-2-3-5-15(12)22-14-10-20(11-14)16(21)8-13-9-19-6-7-23-17(19)18-13/h2-7,9,14H,8,10-11H2,1H3. The lowest BCUT2D eigenvalue weighted by molar-refractivity contribution is -0.139. The second-order valence-corrected chi connectivity index (χ2v) is 6.68. The van der Waals surface area contributed by atoms with E-state index in [1.54, 1.807) is 11.3 Å². The molecule has 0 spiro atoms. The largest absolute Gasteiger partial charge is 0.486 e. The van der Waals surface area contributed by atoms with Gasteiger partial charge in [-0.05, 0) is 18.6 Å². The third-order valence-electron chi connectivity index (χ3n) is 4.06. The van der Waals surface area contributed by atoms with Crippen LogP contribution in [0.4, 0.5) is 0 Å². The Morgan fingerprint density at radius 1 is 1.39 bits per heavy atom. The monoisotopic (exact) mass is 327 g/mol. The number of rotatable bonds is 4. The number of para-hydroxylation sites is 1. The number of imidazole rings is 1. The normalized spacial score (nSPS) is 14.9. The van der Waals surface area contributed by atoms with Gasteiger partial charge in [-0.2, -0.15) is 0 Å². The number of ether oxygens (including phenoxy) is 1. The maximum atomic E-state index is 12.3. The molecule has 0 N–H and O–H groups in total. The molecule has 3 heterocycles. The van der Waals surface area contributed by atoms with Gasteiger partial charge in [0.2, 0.25) is 5.91 Å². The molecule has 3 aromatic rings. The lowest BCUT2D eigenvalue weighted by Crippen LogP contribution is -2.56. The minimum atomic E-state index is 0.0885. The van der Waals surface area contributed by atoms with E-state index in [1.165, 1.54) is 0 Å². The Morgan fingerprint density at radius 2 is 2.22 bits per heavy atom. The van der Waals surface area contributed by atoms with E-state index in [0.717, 1.165) is 22.0 Å². The summed E-state index contributed by atoms with van der Waals surface area (Å²) in [5.74, 6) is 1.01. The van der Waals surface area contributed by atoms with Crippen molar-refractivity contribution in [3.63, 3.8) is 0 Å². The Bertz CT molecular complexity index is 820. The minimum absolute atomic E-state index is 0.0885. The second-order valence-electron chi connectivity index (χ2n) is 5.81. The van der Waals surface area contributed by atoms with Crippen molar-refractivity contribution in [2.45, 2.75) is 19.4 Å². The summed E-state index contributed by atoms with van der Waals surface area (Å²) in [4.78, 5) is 19.5. The molecule has 0 unspecified atom stereocenters. The predicted octanol–water partition coefficient (Wildman–Crippen LogP) is 2.54. The van der Waals surface area contributed by atoms with Crippen molar-refractivity contribution in [3.8, 4) is 5.75 Å². The maximum Gasteiger partial charge on any atom is 0.228 e. The first-order chi connectivity index (χ1) is 11.2. The van der Waals surface area contributed by atoms with Crippen LogP contribution in [0.25, 0.3) is 4.96 Å². The van der Waals surface area contributed by atoms with Crippen molar-refractivity contribution in [1.29, 1.82) is 0 Å². The summed E-state index contributed by atoms with van der Waals surface area (Å²) >= 11 is 1.57. The van der Waals surface area contributed by atoms with Gasteiger partial charge in [-0.25, -0.2) is 4.98 Å². The van der Waals surface area contributed by atoms with Crippen LogP contribution in [-0.2, 0) is 11.2 Å². The SMILES string of the molecule is Cc1ccccc1OC1CN(C(=O)Cc2cn3ccsc3n2)C1. The zero-order valence-electron chi connectivity index (χ0n) is 12.8. The number of aromatic nitrogens is 2. The summed E-state index contributed by atoms with van der Waals surface area (Å²) in [5, 5.41) is 1.98. The smallest absolute Gasteiger partial charge is 0.228 e. The van der Waals surface area contributed by atoms with Gasteiger partial charge in [-0.3, -0.25) is 9.20 Å². The molecule has 1 aliphatic rings. The molecule has 1 fully saturated rings. The quantitative estimate of drug-likeness (QED) is 0.740.